The van der Waals surface area contributed by atoms with Crippen molar-refractivity contribution in [2.24, 2.45) is 0 Å². The lowest BCUT2D eigenvalue weighted by Gasteiger charge is -2.27. The van der Waals surface area contributed by atoms with E-state index in [9.17, 15) is 0 Å². The molecule has 1 heterocycles. The van der Waals surface area contributed by atoms with Crippen LogP contribution in [0.3, 0.4) is 0 Å². The zero-order chi connectivity index (χ0) is 25.2. The summed E-state index contributed by atoms with van der Waals surface area (Å²) in [5.41, 5.74) is 1.13. The van der Waals surface area contributed by atoms with E-state index in [0.29, 0.717) is 13.2 Å². The number of unbranched alkanes of at least 4 members (excludes halogenated alkanes) is 11. The van der Waals surface area contributed by atoms with Crippen molar-refractivity contribution in [1.82, 2.24) is 0 Å². The van der Waals surface area contributed by atoms with Crippen molar-refractivity contribution < 1.29 is 18.9 Å². The van der Waals surface area contributed by atoms with Gasteiger partial charge in [0.05, 0.1) is 20.3 Å². The van der Waals surface area contributed by atoms with Gasteiger partial charge in [0.1, 0.15) is 18.0 Å². The van der Waals surface area contributed by atoms with Gasteiger partial charge < -0.3 is 18.9 Å². The van der Waals surface area contributed by atoms with Crippen LogP contribution in [0.5, 0.6) is 5.75 Å². The molecule has 0 amide bonds. The quantitative estimate of drug-likeness (QED) is 0.136. The summed E-state index contributed by atoms with van der Waals surface area (Å²) in [5.74, 6) is 0.399. The maximum Gasteiger partial charge on any atom is 0.168 e. The zero-order valence-corrected chi connectivity index (χ0v) is 23.1. The summed E-state index contributed by atoms with van der Waals surface area (Å²) in [4.78, 5) is 0. The van der Waals surface area contributed by atoms with Gasteiger partial charge in [-0.1, -0.05) is 109 Å². The molecule has 0 aromatic heterocycles. The van der Waals surface area contributed by atoms with Crippen LogP contribution in [-0.2, 0) is 20.8 Å². The fourth-order valence-corrected chi connectivity index (χ4v) is 4.72. The topological polar surface area (TPSA) is 36.9 Å². The highest BCUT2D eigenvalue weighted by Crippen LogP contribution is 2.32. The van der Waals surface area contributed by atoms with Gasteiger partial charge in [-0.25, -0.2) is 0 Å². The van der Waals surface area contributed by atoms with Gasteiger partial charge in [0.25, 0.3) is 0 Å². The van der Waals surface area contributed by atoms with E-state index in [1.807, 2.05) is 12.1 Å². The number of methoxy groups -OCH3 is 1. The Hall–Kier alpha value is -1.36. The van der Waals surface area contributed by atoms with E-state index in [-0.39, 0.29) is 12.2 Å². The highest BCUT2D eigenvalue weighted by Gasteiger charge is 2.41. The molecule has 2 rings (SSSR count). The van der Waals surface area contributed by atoms with Gasteiger partial charge in [0.15, 0.2) is 5.79 Å². The summed E-state index contributed by atoms with van der Waals surface area (Å²) in [6, 6.07) is 8.06. The molecule has 4 heteroatoms. The summed E-state index contributed by atoms with van der Waals surface area (Å²) in [6.07, 6.45) is 22.2. The fraction of sp³-hybridized carbons (Fsp3) is 0.742. The summed E-state index contributed by atoms with van der Waals surface area (Å²) < 4.78 is 24.1. The number of ether oxygens (including phenoxy) is 4. The van der Waals surface area contributed by atoms with E-state index in [0.717, 1.165) is 30.6 Å². The van der Waals surface area contributed by atoms with E-state index in [2.05, 4.69) is 45.1 Å². The third-order valence-corrected chi connectivity index (χ3v) is 7.22. The molecule has 35 heavy (non-hydrogen) atoms. The third kappa shape index (κ3) is 11.5. The van der Waals surface area contributed by atoms with Gasteiger partial charge in [-0.2, -0.15) is 0 Å². The molecule has 1 fully saturated rings. The molecule has 0 unspecified atom stereocenters. The number of allylic oxidation sites excluding steroid dienone is 1. The van der Waals surface area contributed by atoms with Gasteiger partial charge in [-0.15, -0.1) is 0 Å². The first-order valence-corrected chi connectivity index (χ1v) is 14.4. The van der Waals surface area contributed by atoms with Crippen LogP contribution in [-0.4, -0.2) is 31.7 Å². The van der Waals surface area contributed by atoms with Crippen LogP contribution in [0.1, 0.15) is 116 Å². The molecule has 1 aliphatic rings. The lowest BCUT2D eigenvalue weighted by molar-refractivity contribution is -0.182. The minimum Gasteiger partial charge on any atom is -0.497 e. The largest absolute Gasteiger partial charge is 0.497 e. The molecule has 4 nitrogen and oxygen atoms in total. The minimum atomic E-state index is -0.462. The summed E-state index contributed by atoms with van der Waals surface area (Å²) >= 11 is 0. The van der Waals surface area contributed by atoms with Crippen LogP contribution in [0, 0.1) is 0 Å². The zero-order valence-electron chi connectivity index (χ0n) is 23.1. The molecule has 0 spiro atoms. The van der Waals surface area contributed by atoms with E-state index >= 15 is 0 Å². The minimum absolute atomic E-state index is 0.0678. The molecule has 0 saturated carbocycles. The van der Waals surface area contributed by atoms with Gasteiger partial charge in [-0.05, 0) is 43.4 Å². The number of hydrogen-bond donors (Lipinski definition) is 0. The molecule has 1 saturated heterocycles. The molecule has 0 aliphatic carbocycles. The molecule has 1 aromatic rings. The molecule has 2 atom stereocenters. The highest BCUT2D eigenvalue weighted by molar-refractivity contribution is 5.26. The van der Waals surface area contributed by atoms with Crippen molar-refractivity contribution in [1.29, 1.82) is 0 Å². The van der Waals surface area contributed by atoms with Gasteiger partial charge in [-0.3, -0.25) is 0 Å². The van der Waals surface area contributed by atoms with Crippen LogP contribution in [0.15, 0.2) is 36.4 Å². The van der Waals surface area contributed by atoms with Crippen molar-refractivity contribution in [3.63, 3.8) is 0 Å². The monoisotopic (exact) mass is 488 g/mol. The van der Waals surface area contributed by atoms with Gasteiger partial charge >= 0.3 is 0 Å². The maximum absolute atomic E-state index is 6.38. The number of benzene rings is 1. The Labute approximate surface area is 215 Å². The first-order valence-electron chi connectivity index (χ1n) is 14.4. The SMILES string of the molecule is CCCCCCCCCCCCCC=C[C@@H](OCc1ccc(OC)cc1)[C@H]1COC(CC)(CC)O1. The average molecular weight is 489 g/mol. The lowest BCUT2D eigenvalue weighted by atomic mass is 10.0. The normalized spacial score (nSPS) is 18.3. The van der Waals surface area contributed by atoms with Crippen molar-refractivity contribution in [2.75, 3.05) is 13.7 Å². The van der Waals surface area contributed by atoms with Crippen molar-refractivity contribution >= 4 is 0 Å². The molecule has 1 aliphatic heterocycles. The highest BCUT2D eigenvalue weighted by atomic mass is 16.8. The Morgan fingerprint density at radius 1 is 0.886 bits per heavy atom. The van der Waals surface area contributed by atoms with Crippen molar-refractivity contribution in [3.05, 3.63) is 42.0 Å². The second kappa shape index (κ2) is 18.0. The van der Waals surface area contributed by atoms with E-state index in [1.54, 1.807) is 7.11 Å². The van der Waals surface area contributed by atoms with Gasteiger partial charge in [0, 0.05) is 0 Å². The average Bonchev–Trinajstić information content (AvgIpc) is 3.34. The van der Waals surface area contributed by atoms with E-state index < -0.39 is 5.79 Å². The predicted molar refractivity (Wildman–Crippen MR) is 146 cm³/mol. The van der Waals surface area contributed by atoms with Gasteiger partial charge in [0.2, 0.25) is 0 Å². The van der Waals surface area contributed by atoms with Crippen LogP contribution in [0.4, 0.5) is 0 Å². The molecule has 0 bridgehead atoms. The van der Waals surface area contributed by atoms with E-state index in [1.165, 1.54) is 70.6 Å². The van der Waals surface area contributed by atoms with Crippen molar-refractivity contribution in [2.45, 2.75) is 135 Å². The first-order chi connectivity index (χ1) is 17.2. The predicted octanol–water partition coefficient (Wildman–Crippen LogP) is 8.77. The lowest BCUT2D eigenvalue weighted by Crippen LogP contribution is -2.34. The Bertz CT molecular complexity index is 665. The molecule has 0 radical (unpaired) electrons. The fourth-order valence-electron chi connectivity index (χ4n) is 4.72. The maximum atomic E-state index is 6.38. The standard InChI is InChI=1S/C31H52O4/c1-5-8-9-10-11-12-13-14-15-16-17-18-19-20-29(30-26-34-31(6-2,7-3)35-30)33-25-27-21-23-28(32-4)24-22-27/h19-24,29-30H,5-18,25-26H2,1-4H3/t29-,30-/m1/s1. The van der Waals surface area contributed by atoms with Crippen LogP contribution in [0.2, 0.25) is 0 Å². The summed E-state index contributed by atoms with van der Waals surface area (Å²) in [7, 11) is 1.69. The molecular weight excluding hydrogens is 436 g/mol. The summed E-state index contributed by atoms with van der Waals surface area (Å²) in [5, 5.41) is 0. The van der Waals surface area contributed by atoms with Crippen LogP contribution in [0.25, 0.3) is 0 Å². The smallest absolute Gasteiger partial charge is 0.168 e. The second-order valence-corrected chi connectivity index (χ2v) is 9.96. The number of hydrogen-bond acceptors (Lipinski definition) is 4. The Morgan fingerprint density at radius 2 is 1.49 bits per heavy atom. The molecular formula is C31H52O4. The molecule has 200 valence electrons. The van der Waals surface area contributed by atoms with Crippen molar-refractivity contribution in [3.8, 4) is 5.75 Å². The Balaban J connectivity index is 1.72. The van der Waals surface area contributed by atoms with Crippen LogP contribution >= 0.6 is 0 Å². The third-order valence-electron chi connectivity index (χ3n) is 7.22. The Kier molecular flexibility index (Phi) is 15.3. The molecule has 0 N–H and O–H groups in total. The Morgan fingerprint density at radius 3 is 2.03 bits per heavy atom. The second-order valence-electron chi connectivity index (χ2n) is 9.96. The first kappa shape index (κ1) is 29.9. The molecule has 1 aromatic carbocycles. The van der Waals surface area contributed by atoms with E-state index in [4.69, 9.17) is 18.9 Å². The van der Waals surface area contributed by atoms with Crippen LogP contribution < -0.4 is 4.74 Å². The summed E-state index contributed by atoms with van der Waals surface area (Å²) in [6.45, 7) is 7.66. The number of rotatable bonds is 20.